The summed E-state index contributed by atoms with van der Waals surface area (Å²) in [7, 11) is 0. The van der Waals surface area contributed by atoms with Crippen LogP contribution in [0.5, 0.6) is 0 Å². The van der Waals surface area contributed by atoms with E-state index in [1.165, 1.54) is 0 Å². The summed E-state index contributed by atoms with van der Waals surface area (Å²) in [6.45, 7) is 4.54. The van der Waals surface area contributed by atoms with Gasteiger partial charge < -0.3 is 0 Å². The normalized spacial score (nSPS) is 52.3. The van der Waals surface area contributed by atoms with Crippen molar-refractivity contribution in [2.45, 2.75) is 58.8 Å². The predicted molar refractivity (Wildman–Crippen MR) is 81.6 cm³/mol. The molecule has 6 atom stereocenters. The molecule has 0 aliphatic heterocycles. The lowest BCUT2D eigenvalue weighted by molar-refractivity contribution is -0.151. The molecule has 0 unspecified atom stereocenters. The Labute approximate surface area is 127 Å². The summed E-state index contributed by atoms with van der Waals surface area (Å²) < 4.78 is 0. The predicted octanol–water partition coefficient (Wildman–Crippen LogP) is 3.94. The molecule has 0 heterocycles. The number of allylic oxidation sites excluding steroid dienone is 2. The van der Waals surface area contributed by atoms with Gasteiger partial charge >= 0.3 is 0 Å². The maximum Gasteiger partial charge on any atom is 0.139 e. The Morgan fingerprint density at radius 3 is 2.71 bits per heavy atom. The monoisotopic (exact) mass is 286 g/mol. The molecule has 4 rings (SSSR count). The van der Waals surface area contributed by atoms with E-state index in [4.69, 9.17) is 0 Å². The lowest BCUT2D eigenvalue weighted by atomic mass is 9.46. The minimum Gasteiger partial charge on any atom is -0.299 e. The third-order valence-electron chi connectivity index (χ3n) is 7.71. The molecule has 2 heteroatoms. The van der Waals surface area contributed by atoms with Crippen molar-refractivity contribution < 1.29 is 9.59 Å². The van der Waals surface area contributed by atoms with Crippen LogP contribution < -0.4 is 0 Å². The molecule has 0 aromatic carbocycles. The smallest absolute Gasteiger partial charge is 0.139 e. The van der Waals surface area contributed by atoms with Gasteiger partial charge in [0.1, 0.15) is 11.6 Å². The molecule has 0 aromatic rings. The van der Waals surface area contributed by atoms with Crippen molar-refractivity contribution in [2.75, 3.05) is 0 Å². The highest BCUT2D eigenvalue weighted by Gasteiger charge is 2.61. The minimum absolute atomic E-state index is 0.116. The van der Waals surface area contributed by atoms with Gasteiger partial charge in [0.05, 0.1) is 0 Å². The van der Waals surface area contributed by atoms with E-state index < -0.39 is 0 Å². The number of Topliss-reactive ketones (excluding diaryl/α,β-unsaturated/α-hetero) is 2. The Morgan fingerprint density at radius 2 is 1.90 bits per heavy atom. The van der Waals surface area contributed by atoms with Gasteiger partial charge in [0.25, 0.3) is 0 Å². The van der Waals surface area contributed by atoms with E-state index >= 15 is 0 Å². The van der Waals surface area contributed by atoms with E-state index in [9.17, 15) is 9.59 Å². The molecule has 3 saturated carbocycles. The molecule has 4 aliphatic rings. The van der Waals surface area contributed by atoms with Crippen molar-refractivity contribution in [2.24, 2.45) is 34.5 Å². The highest BCUT2D eigenvalue weighted by atomic mass is 16.1. The lowest BCUT2D eigenvalue weighted by Crippen LogP contribution is -2.55. The molecule has 0 radical (unpaired) electrons. The van der Waals surface area contributed by atoms with Crippen LogP contribution in [0, 0.1) is 34.5 Å². The lowest BCUT2D eigenvalue weighted by Gasteiger charge is -2.57. The number of rotatable bonds is 0. The summed E-state index contributed by atoms with van der Waals surface area (Å²) in [5, 5.41) is 0. The first-order valence-corrected chi connectivity index (χ1v) is 8.68. The van der Waals surface area contributed by atoms with Crippen LogP contribution in [-0.4, -0.2) is 11.6 Å². The van der Waals surface area contributed by atoms with Crippen LogP contribution >= 0.6 is 0 Å². The number of hydrogen-bond donors (Lipinski definition) is 0. The van der Waals surface area contributed by atoms with Gasteiger partial charge in [0, 0.05) is 24.2 Å². The van der Waals surface area contributed by atoms with Crippen molar-refractivity contribution in [3.8, 4) is 0 Å². The summed E-state index contributed by atoms with van der Waals surface area (Å²) in [5.41, 5.74) is 0.0386. The Balaban J connectivity index is 1.73. The maximum atomic E-state index is 12.7. The number of carbonyl (C=O) groups is 2. The van der Waals surface area contributed by atoms with Crippen LogP contribution in [0.15, 0.2) is 12.2 Å². The second-order valence-corrected chi connectivity index (χ2v) is 8.43. The van der Waals surface area contributed by atoms with Crippen LogP contribution in [-0.2, 0) is 9.59 Å². The highest BCUT2D eigenvalue weighted by molar-refractivity contribution is 5.88. The van der Waals surface area contributed by atoms with Crippen LogP contribution in [0.25, 0.3) is 0 Å². The van der Waals surface area contributed by atoms with Crippen molar-refractivity contribution in [3.05, 3.63) is 12.2 Å². The first-order chi connectivity index (χ1) is 9.97. The fourth-order valence-corrected chi connectivity index (χ4v) is 6.43. The molecule has 0 saturated heterocycles. The van der Waals surface area contributed by atoms with Crippen LogP contribution in [0.2, 0.25) is 0 Å². The van der Waals surface area contributed by atoms with E-state index in [-0.39, 0.29) is 16.7 Å². The van der Waals surface area contributed by atoms with Gasteiger partial charge in [-0.15, -0.1) is 0 Å². The fourth-order valence-electron chi connectivity index (χ4n) is 6.43. The zero-order valence-corrected chi connectivity index (χ0v) is 13.2. The van der Waals surface area contributed by atoms with E-state index in [1.807, 2.05) is 0 Å². The van der Waals surface area contributed by atoms with Crippen LogP contribution in [0.1, 0.15) is 58.8 Å². The summed E-state index contributed by atoms with van der Waals surface area (Å²) in [4.78, 5) is 25.1. The van der Waals surface area contributed by atoms with E-state index in [0.717, 1.165) is 44.9 Å². The first-order valence-electron chi connectivity index (χ1n) is 8.68. The summed E-state index contributed by atoms with van der Waals surface area (Å²) in [5.74, 6) is 2.77. The first kappa shape index (κ1) is 13.7. The Bertz CT molecular complexity index is 534. The molecule has 0 N–H and O–H groups in total. The molecule has 21 heavy (non-hydrogen) atoms. The van der Waals surface area contributed by atoms with E-state index in [1.54, 1.807) is 0 Å². The average Bonchev–Trinajstić information content (AvgIpc) is 2.75. The Morgan fingerprint density at radius 1 is 1.10 bits per heavy atom. The second-order valence-electron chi connectivity index (χ2n) is 8.43. The Kier molecular flexibility index (Phi) is 2.81. The zero-order valence-electron chi connectivity index (χ0n) is 13.2. The summed E-state index contributed by atoms with van der Waals surface area (Å²) in [6.07, 6.45) is 11.2. The maximum absolute atomic E-state index is 12.7. The summed E-state index contributed by atoms with van der Waals surface area (Å²) >= 11 is 0. The van der Waals surface area contributed by atoms with Crippen molar-refractivity contribution in [3.63, 3.8) is 0 Å². The minimum atomic E-state index is -0.116. The van der Waals surface area contributed by atoms with Gasteiger partial charge in [0.2, 0.25) is 0 Å². The molecular formula is C19H26O2. The second kappa shape index (κ2) is 4.30. The third-order valence-corrected chi connectivity index (χ3v) is 7.71. The molecule has 0 aromatic heterocycles. The number of hydrogen-bond acceptors (Lipinski definition) is 2. The van der Waals surface area contributed by atoms with Gasteiger partial charge in [-0.3, -0.25) is 9.59 Å². The molecule has 114 valence electrons. The largest absolute Gasteiger partial charge is 0.299 e. The van der Waals surface area contributed by atoms with Gasteiger partial charge in [-0.1, -0.05) is 26.0 Å². The van der Waals surface area contributed by atoms with Crippen molar-refractivity contribution in [1.29, 1.82) is 0 Å². The quantitative estimate of drug-likeness (QED) is 0.632. The number of ketones is 2. The zero-order chi connectivity index (χ0) is 14.8. The van der Waals surface area contributed by atoms with E-state index in [2.05, 4.69) is 26.0 Å². The fraction of sp³-hybridized carbons (Fsp3) is 0.789. The third kappa shape index (κ3) is 1.65. The molecule has 2 nitrogen and oxygen atoms in total. The molecular weight excluding hydrogens is 260 g/mol. The van der Waals surface area contributed by atoms with Gasteiger partial charge in [0.15, 0.2) is 0 Å². The van der Waals surface area contributed by atoms with Crippen LogP contribution in [0.3, 0.4) is 0 Å². The van der Waals surface area contributed by atoms with E-state index in [0.29, 0.717) is 29.3 Å². The van der Waals surface area contributed by atoms with Gasteiger partial charge in [-0.05, 0) is 55.3 Å². The molecule has 0 spiro atoms. The number of fused-ring (bicyclic) bond motifs is 5. The standard InChI is InChI=1S/C19H26O2/c1-18-9-4-3-5-15(18)16(20)11-12-13-6-7-17(21)19(13,2)10-8-14(12)18/h3-4,12-15H,5-11H2,1-2H3/t12-,13-,14-,15-,18+,19-/m0/s1. The average molecular weight is 286 g/mol. The van der Waals surface area contributed by atoms with Crippen molar-refractivity contribution in [1.82, 2.24) is 0 Å². The topological polar surface area (TPSA) is 34.1 Å². The van der Waals surface area contributed by atoms with Crippen LogP contribution in [0.4, 0.5) is 0 Å². The molecule has 3 fully saturated rings. The SMILES string of the molecule is C[C@]12CC=CC[C@H]1C(=O)C[C@@H]1[C@@H]2CC[C@]2(C)C(=O)CC[C@@H]12. The molecule has 0 amide bonds. The Hall–Kier alpha value is -0.920. The summed E-state index contributed by atoms with van der Waals surface area (Å²) in [6, 6.07) is 0. The number of carbonyl (C=O) groups excluding carboxylic acids is 2. The molecule has 0 bridgehead atoms. The van der Waals surface area contributed by atoms with Gasteiger partial charge in [-0.2, -0.15) is 0 Å². The van der Waals surface area contributed by atoms with Gasteiger partial charge in [-0.25, -0.2) is 0 Å². The highest BCUT2D eigenvalue weighted by Crippen LogP contribution is 2.64. The molecule has 4 aliphatic carbocycles. The van der Waals surface area contributed by atoms with Crippen molar-refractivity contribution >= 4 is 11.6 Å².